The van der Waals surface area contributed by atoms with Crippen LogP contribution in [0.25, 0.3) is 10.1 Å². The summed E-state index contributed by atoms with van der Waals surface area (Å²) in [4.78, 5) is 29.3. The number of unbranched alkanes of at least 4 members (excludes halogenated alkanes) is 1. The third-order valence-corrected chi connectivity index (χ3v) is 8.65. The molecule has 2 aliphatic heterocycles. The van der Waals surface area contributed by atoms with E-state index in [1.54, 1.807) is 16.4 Å². The number of carbonyl (C=O) groups excluding carboxylic acids is 2. The molecule has 2 saturated heterocycles. The van der Waals surface area contributed by atoms with E-state index in [9.17, 15) is 9.59 Å². The van der Waals surface area contributed by atoms with Crippen molar-refractivity contribution in [2.75, 3.05) is 26.2 Å². The van der Waals surface area contributed by atoms with Gasteiger partial charge in [-0.3, -0.25) is 14.5 Å². The normalized spacial score (nSPS) is 22.8. The number of likely N-dealkylation sites (tertiary alicyclic amines) is 2. The lowest BCUT2D eigenvalue weighted by Crippen LogP contribution is -2.47. The van der Waals surface area contributed by atoms with Crippen molar-refractivity contribution >= 4 is 33.4 Å². The number of hydrogen-bond acceptors (Lipinski definition) is 5. The fourth-order valence-corrected chi connectivity index (χ4v) is 6.85. The van der Waals surface area contributed by atoms with Gasteiger partial charge in [0.25, 0.3) is 0 Å². The van der Waals surface area contributed by atoms with E-state index in [1.165, 1.54) is 41.5 Å². The minimum atomic E-state index is 0.0116. The summed E-state index contributed by atoms with van der Waals surface area (Å²) < 4.78 is 6.06. The Kier molecular flexibility index (Phi) is 6.11. The van der Waals surface area contributed by atoms with Crippen LogP contribution in [0, 0.1) is 5.41 Å². The van der Waals surface area contributed by atoms with E-state index in [0.29, 0.717) is 25.3 Å². The maximum Gasteiger partial charge on any atom is 0.229 e. The lowest BCUT2D eigenvalue weighted by atomic mass is 9.76. The van der Waals surface area contributed by atoms with E-state index < -0.39 is 0 Å². The highest BCUT2D eigenvalue weighted by Crippen LogP contribution is 2.46. The van der Waals surface area contributed by atoms with Gasteiger partial charge in [-0.2, -0.15) is 4.37 Å². The molecular weight excluding hydrogens is 406 g/mol. The molecule has 5 rings (SSSR count). The van der Waals surface area contributed by atoms with Crippen LogP contribution in [0.3, 0.4) is 0 Å². The molecule has 2 amide bonds. The quantitative estimate of drug-likeness (QED) is 0.471. The molecule has 2 aromatic rings. The minimum absolute atomic E-state index is 0.0116. The number of piperidine rings is 2. The van der Waals surface area contributed by atoms with Crippen molar-refractivity contribution in [2.45, 2.75) is 70.1 Å². The first-order valence-corrected chi connectivity index (χ1v) is 12.8. The Morgan fingerprint density at radius 3 is 2.39 bits per heavy atom. The Morgan fingerprint density at radius 2 is 1.65 bits per heavy atom. The number of benzene rings is 1. The molecule has 1 saturated carbocycles. The van der Waals surface area contributed by atoms with Gasteiger partial charge in [-0.05, 0) is 81.2 Å². The second-order valence-corrected chi connectivity index (χ2v) is 10.7. The second-order valence-electron chi connectivity index (χ2n) is 9.89. The van der Waals surface area contributed by atoms with Gasteiger partial charge >= 0.3 is 0 Å². The van der Waals surface area contributed by atoms with Crippen molar-refractivity contribution in [3.8, 4) is 0 Å². The molecule has 0 N–H and O–H groups in total. The minimum Gasteiger partial charge on any atom is -0.303 e. The molecule has 3 fully saturated rings. The number of nitrogens with zero attached hydrogens (tertiary/aromatic N) is 3. The Hall–Kier alpha value is -1.79. The predicted octanol–water partition coefficient (Wildman–Crippen LogP) is 4.97. The highest BCUT2D eigenvalue weighted by molar-refractivity contribution is 7.13. The molecule has 0 radical (unpaired) electrons. The number of rotatable bonds is 6. The molecule has 5 nitrogen and oxygen atoms in total. The highest BCUT2D eigenvalue weighted by atomic mass is 32.1. The molecule has 0 unspecified atom stereocenters. The second kappa shape index (κ2) is 8.99. The maximum atomic E-state index is 12.6. The van der Waals surface area contributed by atoms with Crippen LogP contribution < -0.4 is 0 Å². The lowest BCUT2D eigenvalue weighted by molar-refractivity contribution is -0.153. The molecule has 1 aromatic heterocycles. The summed E-state index contributed by atoms with van der Waals surface area (Å²) in [5.41, 5.74) is 1.31. The SMILES string of the molecule is O=C1CC2(CCCC2)CC(=O)N1CCCCN1CCC(c2nsc3ccccc23)CC1. The summed E-state index contributed by atoms with van der Waals surface area (Å²) in [6.45, 7) is 3.89. The highest BCUT2D eigenvalue weighted by Gasteiger charge is 2.44. The van der Waals surface area contributed by atoms with Crippen LogP contribution in [0.5, 0.6) is 0 Å². The lowest BCUT2D eigenvalue weighted by Gasteiger charge is -2.37. The molecule has 166 valence electrons. The average Bonchev–Trinajstić information content (AvgIpc) is 3.40. The van der Waals surface area contributed by atoms with Gasteiger partial charge < -0.3 is 4.90 Å². The van der Waals surface area contributed by atoms with Crippen LogP contribution in [0.4, 0.5) is 0 Å². The summed E-state index contributed by atoms with van der Waals surface area (Å²) in [6, 6.07) is 8.57. The first kappa shape index (κ1) is 21.1. The van der Waals surface area contributed by atoms with Crippen LogP contribution >= 0.6 is 11.5 Å². The van der Waals surface area contributed by atoms with Crippen LogP contribution in [-0.2, 0) is 9.59 Å². The number of imide groups is 1. The molecule has 1 aliphatic carbocycles. The summed E-state index contributed by atoms with van der Waals surface area (Å²) >= 11 is 1.62. The summed E-state index contributed by atoms with van der Waals surface area (Å²) in [6.07, 6.45) is 9.96. The van der Waals surface area contributed by atoms with Gasteiger partial charge in [-0.25, -0.2) is 0 Å². The van der Waals surface area contributed by atoms with Crippen LogP contribution in [0.2, 0.25) is 0 Å². The maximum absolute atomic E-state index is 12.6. The predicted molar refractivity (Wildman–Crippen MR) is 124 cm³/mol. The van der Waals surface area contributed by atoms with Gasteiger partial charge in [0.1, 0.15) is 0 Å². The largest absolute Gasteiger partial charge is 0.303 e. The zero-order chi connectivity index (χ0) is 21.3. The van der Waals surface area contributed by atoms with Gasteiger partial charge in [-0.15, -0.1) is 0 Å². The van der Waals surface area contributed by atoms with Crippen LogP contribution in [0.1, 0.15) is 75.8 Å². The Balaban J connectivity index is 1.05. The summed E-state index contributed by atoms with van der Waals surface area (Å²) in [5, 5.41) is 1.33. The monoisotopic (exact) mass is 439 g/mol. The van der Waals surface area contributed by atoms with Gasteiger partial charge in [0, 0.05) is 30.7 Å². The van der Waals surface area contributed by atoms with E-state index >= 15 is 0 Å². The number of fused-ring (bicyclic) bond motifs is 1. The number of carbonyl (C=O) groups is 2. The fraction of sp³-hybridized carbons (Fsp3) is 0.640. The van der Waals surface area contributed by atoms with Crippen LogP contribution in [0.15, 0.2) is 24.3 Å². The van der Waals surface area contributed by atoms with Crippen molar-refractivity contribution < 1.29 is 9.59 Å². The average molecular weight is 440 g/mol. The molecule has 31 heavy (non-hydrogen) atoms. The van der Waals surface area contributed by atoms with Crippen LogP contribution in [-0.4, -0.2) is 52.2 Å². The van der Waals surface area contributed by atoms with E-state index in [2.05, 4.69) is 29.2 Å². The van der Waals surface area contributed by atoms with E-state index in [-0.39, 0.29) is 17.2 Å². The van der Waals surface area contributed by atoms with Gasteiger partial charge in [-0.1, -0.05) is 31.0 Å². The third kappa shape index (κ3) is 4.42. The Morgan fingerprint density at radius 1 is 0.968 bits per heavy atom. The van der Waals surface area contributed by atoms with Gasteiger partial charge in [0.2, 0.25) is 11.8 Å². The zero-order valence-electron chi connectivity index (χ0n) is 18.4. The van der Waals surface area contributed by atoms with Crippen molar-refractivity contribution in [3.63, 3.8) is 0 Å². The number of amides is 2. The van der Waals surface area contributed by atoms with E-state index in [0.717, 1.165) is 45.3 Å². The zero-order valence-corrected chi connectivity index (χ0v) is 19.2. The fourth-order valence-electron chi connectivity index (χ4n) is 6.00. The van der Waals surface area contributed by atoms with E-state index in [4.69, 9.17) is 4.37 Å². The molecule has 0 atom stereocenters. The molecule has 1 spiro atoms. The smallest absolute Gasteiger partial charge is 0.229 e. The number of aromatic nitrogens is 1. The van der Waals surface area contributed by atoms with Crippen molar-refractivity contribution in [2.24, 2.45) is 5.41 Å². The van der Waals surface area contributed by atoms with Gasteiger partial charge in [0.15, 0.2) is 0 Å². The Labute approximate surface area is 189 Å². The first-order chi connectivity index (χ1) is 15.1. The van der Waals surface area contributed by atoms with Crippen molar-refractivity contribution in [1.29, 1.82) is 0 Å². The summed E-state index contributed by atoms with van der Waals surface area (Å²) in [5.74, 6) is 0.725. The van der Waals surface area contributed by atoms with E-state index in [1.807, 2.05) is 0 Å². The molecular formula is C25H33N3O2S. The number of hydrogen-bond donors (Lipinski definition) is 0. The summed E-state index contributed by atoms with van der Waals surface area (Å²) in [7, 11) is 0. The standard InChI is InChI=1S/C25H33N3O2S/c29-22-17-25(11-3-4-12-25)18-23(30)28(22)14-6-5-13-27-15-9-19(10-16-27)24-20-7-1-2-8-21(20)31-26-24/h1-2,7-8,19H,3-6,9-18H2. The van der Waals surface area contributed by atoms with Gasteiger partial charge in [0.05, 0.1) is 10.4 Å². The molecule has 3 aliphatic rings. The Bertz CT molecular complexity index is 921. The molecule has 3 heterocycles. The molecule has 0 bridgehead atoms. The molecule has 1 aromatic carbocycles. The van der Waals surface area contributed by atoms with Crippen molar-refractivity contribution in [3.05, 3.63) is 30.0 Å². The first-order valence-electron chi connectivity index (χ1n) is 12.0. The topological polar surface area (TPSA) is 53.5 Å². The van der Waals surface area contributed by atoms with Crippen molar-refractivity contribution in [1.82, 2.24) is 14.2 Å². The molecule has 6 heteroatoms. The third-order valence-electron chi connectivity index (χ3n) is 7.80.